The number of aromatic hydroxyl groups is 2. The molecule has 0 aliphatic heterocycles. The Labute approximate surface area is 186 Å². The first-order chi connectivity index (χ1) is 14.0. The van der Waals surface area contributed by atoms with E-state index < -0.39 is 0 Å². The summed E-state index contributed by atoms with van der Waals surface area (Å²) in [4.78, 5) is 25.2. The van der Waals surface area contributed by atoms with Crippen molar-refractivity contribution in [2.75, 3.05) is 5.75 Å². The number of hydrogen-bond acceptors (Lipinski definition) is 5. The number of thioether (sulfide) groups is 1. The first-order valence-corrected chi connectivity index (χ1v) is 12.3. The molecule has 0 radical (unpaired) electrons. The second-order valence-corrected chi connectivity index (χ2v) is 10.2. The van der Waals surface area contributed by atoms with E-state index in [1.165, 1.54) is 16.3 Å². The average Bonchev–Trinajstić information content (AvgIpc) is 2.99. The summed E-state index contributed by atoms with van der Waals surface area (Å²) >= 11 is 1.40. The van der Waals surface area contributed by atoms with E-state index >= 15 is 0 Å². The van der Waals surface area contributed by atoms with Crippen molar-refractivity contribution in [1.82, 2.24) is 4.57 Å². The van der Waals surface area contributed by atoms with Gasteiger partial charge in [0, 0.05) is 42.0 Å². The molecule has 0 unspecified atom stereocenters. The van der Waals surface area contributed by atoms with E-state index in [-0.39, 0.29) is 28.4 Å². The minimum Gasteiger partial charge on any atom is -0.494 e. The summed E-state index contributed by atoms with van der Waals surface area (Å²) in [6.07, 6.45) is 6.01. The molecule has 1 aromatic heterocycles. The monoisotopic (exact) mass is 439 g/mol. The van der Waals surface area contributed by atoms with Crippen LogP contribution in [0.25, 0.3) is 0 Å². The molecular weight excluding hydrogens is 398 g/mol. The summed E-state index contributed by atoms with van der Waals surface area (Å²) in [6, 6.07) is 1.57. The van der Waals surface area contributed by atoms with Crippen LogP contribution in [0.2, 0.25) is 0 Å². The van der Waals surface area contributed by atoms with Gasteiger partial charge in [-0.1, -0.05) is 48.0 Å². The molecule has 1 aromatic rings. The van der Waals surface area contributed by atoms with Crippen molar-refractivity contribution in [3.63, 3.8) is 0 Å². The SMILES string of the molecule is CCC(C)(C)C(=O)CCCCCn1c(O)cc(SCCC(=O)C(C)(CC)CC)c1O. The maximum atomic E-state index is 12.5. The van der Waals surface area contributed by atoms with E-state index in [9.17, 15) is 19.8 Å². The topological polar surface area (TPSA) is 79.5 Å². The van der Waals surface area contributed by atoms with Crippen molar-refractivity contribution >= 4 is 23.3 Å². The van der Waals surface area contributed by atoms with Gasteiger partial charge in [-0.3, -0.25) is 14.2 Å². The third-order valence-electron chi connectivity index (χ3n) is 6.76. The van der Waals surface area contributed by atoms with E-state index in [4.69, 9.17) is 0 Å². The van der Waals surface area contributed by atoms with Crippen molar-refractivity contribution in [2.24, 2.45) is 10.8 Å². The summed E-state index contributed by atoms with van der Waals surface area (Å²) in [6.45, 7) is 12.6. The predicted octanol–water partition coefficient (Wildman–Crippen LogP) is 6.34. The van der Waals surface area contributed by atoms with E-state index in [0.717, 1.165) is 38.5 Å². The van der Waals surface area contributed by atoms with Gasteiger partial charge in [-0.15, -0.1) is 11.8 Å². The molecule has 0 amide bonds. The summed E-state index contributed by atoms with van der Waals surface area (Å²) < 4.78 is 1.50. The number of nitrogens with zero attached hydrogens (tertiary/aromatic N) is 1. The van der Waals surface area contributed by atoms with Crippen LogP contribution in [0.5, 0.6) is 11.8 Å². The fourth-order valence-electron chi connectivity index (χ4n) is 3.30. The summed E-state index contributed by atoms with van der Waals surface area (Å²) in [5.41, 5.74) is -0.527. The van der Waals surface area contributed by atoms with Crippen LogP contribution >= 0.6 is 11.8 Å². The number of ketones is 2. The number of hydrogen-bond donors (Lipinski definition) is 2. The van der Waals surface area contributed by atoms with Gasteiger partial charge >= 0.3 is 0 Å². The second-order valence-electron chi connectivity index (χ2n) is 9.10. The van der Waals surface area contributed by atoms with Gasteiger partial charge in [0.2, 0.25) is 5.88 Å². The first-order valence-electron chi connectivity index (χ1n) is 11.3. The minimum atomic E-state index is -0.273. The molecule has 6 heteroatoms. The van der Waals surface area contributed by atoms with E-state index in [1.807, 2.05) is 41.5 Å². The Hall–Kier alpha value is -1.43. The molecule has 0 saturated carbocycles. The lowest BCUT2D eigenvalue weighted by atomic mass is 9.79. The Balaban J connectivity index is 2.49. The fourth-order valence-corrected chi connectivity index (χ4v) is 4.23. The van der Waals surface area contributed by atoms with Crippen molar-refractivity contribution in [3.05, 3.63) is 6.07 Å². The van der Waals surface area contributed by atoms with Crippen LogP contribution in [-0.4, -0.2) is 32.1 Å². The fraction of sp³-hybridized carbons (Fsp3) is 0.750. The predicted molar refractivity (Wildman–Crippen MR) is 124 cm³/mol. The molecule has 172 valence electrons. The number of unbranched alkanes of at least 4 members (excludes halogenated alkanes) is 2. The first kappa shape index (κ1) is 26.6. The molecule has 5 nitrogen and oxygen atoms in total. The number of aromatic nitrogens is 1. The summed E-state index contributed by atoms with van der Waals surface area (Å²) in [7, 11) is 0. The maximum Gasteiger partial charge on any atom is 0.208 e. The van der Waals surface area contributed by atoms with Crippen LogP contribution in [0, 0.1) is 10.8 Å². The van der Waals surface area contributed by atoms with Crippen molar-refractivity contribution in [2.45, 2.75) is 104 Å². The highest BCUT2D eigenvalue weighted by Crippen LogP contribution is 2.37. The summed E-state index contributed by atoms with van der Waals surface area (Å²) in [5, 5.41) is 20.6. The largest absolute Gasteiger partial charge is 0.494 e. The standard InChI is InChI=1S/C24H41NO4S/c1-7-23(4,5)19(26)13-11-10-12-15-25-21(28)17-18(22(25)29)30-16-14-20(27)24(6,8-2)9-3/h17,28-29H,7-16H2,1-6H3. The number of carbonyl (C=O) groups excluding carboxylic acids is 2. The molecule has 30 heavy (non-hydrogen) atoms. The van der Waals surface area contributed by atoms with Crippen LogP contribution in [0.1, 0.15) is 92.9 Å². The molecule has 1 heterocycles. The van der Waals surface area contributed by atoms with Crippen LogP contribution in [-0.2, 0) is 16.1 Å². The smallest absolute Gasteiger partial charge is 0.208 e. The molecule has 1 rings (SSSR count). The lowest BCUT2D eigenvalue weighted by Crippen LogP contribution is -2.26. The molecule has 0 atom stereocenters. The molecular formula is C24H41NO4S. The lowest BCUT2D eigenvalue weighted by molar-refractivity contribution is -0.128. The Morgan fingerprint density at radius 2 is 1.57 bits per heavy atom. The molecule has 0 spiro atoms. The number of Topliss-reactive ketones (excluding diaryl/α,β-unsaturated/α-hetero) is 2. The number of rotatable bonds is 15. The van der Waals surface area contributed by atoms with Gasteiger partial charge in [0.1, 0.15) is 11.6 Å². The van der Waals surface area contributed by atoms with E-state index in [2.05, 4.69) is 0 Å². The highest BCUT2D eigenvalue weighted by atomic mass is 32.2. The van der Waals surface area contributed by atoms with Crippen LogP contribution in [0.15, 0.2) is 11.0 Å². The van der Waals surface area contributed by atoms with Crippen molar-refractivity contribution < 1.29 is 19.8 Å². The van der Waals surface area contributed by atoms with Gasteiger partial charge < -0.3 is 10.2 Å². The molecule has 0 aromatic carbocycles. The Morgan fingerprint density at radius 1 is 0.933 bits per heavy atom. The zero-order valence-corrected chi connectivity index (χ0v) is 20.5. The normalized spacial score (nSPS) is 12.3. The highest BCUT2D eigenvalue weighted by Gasteiger charge is 2.28. The van der Waals surface area contributed by atoms with E-state index in [0.29, 0.717) is 35.8 Å². The van der Waals surface area contributed by atoms with Crippen molar-refractivity contribution in [3.8, 4) is 11.8 Å². The van der Waals surface area contributed by atoms with Gasteiger partial charge in [-0.25, -0.2) is 0 Å². The summed E-state index contributed by atoms with van der Waals surface area (Å²) in [5.74, 6) is 1.23. The molecule has 0 bridgehead atoms. The lowest BCUT2D eigenvalue weighted by Gasteiger charge is -2.24. The van der Waals surface area contributed by atoms with Gasteiger partial charge in [-0.05, 0) is 32.1 Å². The zero-order chi connectivity index (χ0) is 22.9. The molecule has 0 saturated heterocycles. The molecule has 2 N–H and O–H groups in total. The second kappa shape index (κ2) is 11.8. The van der Waals surface area contributed by atoms with Gasteiger partial charge in [0.05, 0.1) is 4.90 Å². The van der Waals surface area contributed by atoms with E-state index in [1.54, 1.807) is 6.07 Å². The quantitative estimate of drug-likeness (QED) is 0.246. The molecule has 0 aliphatic rings. The minimum absolute atomic E-state index is 0.0384. The van der Waals surface area contributed by atoms with Gasteiger partial charge in [-0.2, -0.15) is 0 Å². The van der Waals surface area contributed by atoms with Crippen LogP contribution in [0.4, 0.5) is 0 Å². The average molecular weight is 440 g/mol. The Kier molecular flexibility index (Phi) is 10.5. The third kappa shape index (κ3) is 7.07. The maximum absolute atomic E-state index is 12.5. The van der Waals surface area contributed by atoms with Gasteiger partial charge in [0.15, 0.2) is 5.88 Å². The van der Waals surface area contributed by atoms with Crippen molar-refractivity contribution in [1.29, 1.82) is 0 Å². The number of carbonyl (C=O) groups is 2. The Bertz CT molecular complexity index is 704. The molecule has 0 aliphatic carbocycles. The van der Waals surface area contributed by atoms with Crippen LogP contribution in [0.3, 0.4) is 0 Å². The Morgan fingerprint density at radius 3 is 2.13 bits per heavy atom. The molecule has 0 fully saturated rings. The van der Waals surface area contributed by atoms with Gasteiger partial charge in [0.25, 0.3) is 0 Å². The van der Waals surface area contributed by atoms with Crippen LogP contribution < -0.4 is 0 Å². The highest BCUT2D eigenvalue weighted by molar-refractivity contribution is 7.99. The third-order valence-corrected chi connectivity index (χ3v) is 7.78. The zero-order valence-electron chi connectivity index (χ0n) is 19.7.